The molecule has 27 heavy (non-hydrogen) atoms. The number of hydrogen-bond donors (Lipinski definition) is 1. The standard InChI is InChI=1S/C19H24N4O4/c1-25-15-9-14(10-16(26-2)17(15)27-3)22-19-20-11-13(12-21-19)18(24)23-7-5-4-6-8-23/h9-12H,4-8H2,1-3H3,(H,20,21,22). The third kappa shape index (κ3) is 4.21. The minimum Gasteiger partial charge on any atom is -0.493 e. The quantitative estimate of drug-likeness (QED) is 0.834. The van der Waals surface area contributed by atoms with Crippen LogP contribution in [0.25, 0.3) is 0 Å². The first-order valence-corrected chi connectivity index (χ1v) is 8.84. The van der Waals surface area contributed by atoms with Crippen LogP contribution in [0.5, 0.6) is 17.2 Å². The van der Waals surface area contributed by atoms with Gasteiger partial charge in [-0.05, 0) is 19.3 Å². The summed E-state index contributed by atoms with van der Waals surface area (Å²) in [5.41, 5.74) is 1.17. The molecule has 1 fully saturated rings. The summed E-state index contributed by atoms with van der Waals surface area (Å²) in [5, 5.41) is 3.09. The average Bonchev–Trinajstić information content (AvgIpc) is 2.73. The Kier molecular flexibility index (Phi) is 5.95. The highest BCUT2D eigenvalue weighted by Crippen LogP contribution is 2.40. The van der Waals surface area contributed by atoms with E-state index in [1.807, 2.05) is 4.90 Å². The molecule has 1 aliphatic heterocycles. The Balaban J connectivity index is 1.75. The zero-order valence-electron chi connectivity index (χ0n) is 15.8. The minimum atomic E-state index is -0.0194. The van der Waals surface area contributed by atoms with Crippen molar-refractivity contribution >= 4 is 17.5 Å². The van der Waals surface area contributed by atoms with E-state index in [-0.39, 0.29) is 5.91 Å². The number of amides is 1. The lowest BCUT2D eigenvalue weighted by Crippen LogP contribution is -2.35. The lowest BCUT2D eigenvalue weighted by molar-refractivity contribution is 0.0723. The van der Waals surface area contributed by atoms with Crippen LogP contribution in [0.2, 0.25) is 0 Å². The molecule has 0 saturated carbocycles. The number of anilines is 2. The van der Waals surface area contributed by atoms with Crippen LogP contribution in [0.15, 0.2) is 24.5 Å². The number of hydrogen-bond acceptors (Lipinski definition) is 7. The van der Waals surface area contributed by atoms with Gasteiger partial charge in [-0.3, -0.25) is 4.79 Å². The molecule has 8 heteroatoms. The van der Waals surface area contributed by atoms with Crippen LogP contribution in [-0.4, -0.2) is 55.2 Å². The lowest BCUT2D eigenvalue weighted by Gasteiger charge is -2.26. The molecule has 1 N–H and O–H groups in total. The van der Waals surface area contributed by atoms with Gasteiger partial charge >= 0.3 is 0 Å². The second kappa shape index (κ2) is 8.57. The van der Waals surface area contributed by atoms with Crippen molar-refractivity contribution in [3.05, 3.63) is 30.1 Å². The Morgan fingerprint density at radius 3 is 2.07 bits per heavy atom. The molecule has 0 aliphatic carbocycles. The summed E-state index contributed by atoms with van der Waals surface area (Å²) < 4.78 is 16.0. The molecule has 144 valence electrons. The summed E-state index contributed by atoms with van der Waals surface area (Å²) in [4.78, 5) is 22.9. The number of benzene rings is 1. The van der Waals surface area contributed by atoms with Crippen LogP contribution in [-0.2, 0) is 0 Å². The van der Waals surface area contributed by atoms with Crippen molar-refractivity contribution in [3.8, 4) is 17.2 Å². The molecule has 3 rings (SSSR count). The molecule has 1 aromatic carbocycles. The van der Waals surface area contributed by atoms with Crippen molar-refractivity contribution in [1.82, 2.24) is 14.9 Å². The molecular formula is C19H24N4O4. The Bertz CT molecular complexity index is 764. The van der Waals surface area contributed by atoms with Crippen molar-refractivity contribution in [2.45, 2.75) is 19.3 Å². The van der Waals surface area contributed by atoms with Crippen LogP contribution >= 0.6 is 0 Å². The zero-order chi connectivity index (χ0) is 19.2. The fourth-order valence-electron chi connectivity index (χ4n) is 3.06. The van der Waals surface area contributed by atoms with Gasteiger partial charge in [-0.15, -0.1) is 0 Å². The number of nitrogens with one attached hydrogen (secondary N) is 1. The zero-order valence-corrected chi connectivity index (χ0v) is 15.8. The number of methoxy groups -OCH3 is 3. The van der Waals surface area contributed by atoms with E-state index in [1.54, 1.807) is 45.9 Å². The SMILES string of the molecule is COc1cc(Nc2ncc(C(=O)N3CCCCC3)cn2)cc(OC)c1OC. The Morgan fingerprint density at radius 1 is 0.963 bits per heavy atom. The molecule has 1 aromatic heterocycles. The van der Waals surface area contributed by atoms with Crippen LogP contribution in [0.3, 0.4) is 0 Å². The van der Waals surface area contributed by atoms with E-state index in [0.717, 1.165) is 25.9 Å². The molecule has 0 bridgehead atoms. The normalized spacial score (nSPS) is 13.8. The maximum Gasteiger partial charge on any atom is 0.256 e. The van der Waals surface area contributed by atoms with Crippen LogP contribution in [0.1, 0.15) is 29.6 Å². The second-order valence-electron chi connectivity index (χ2n) is 6.19. The molecule has 0 radical (unpaired) electrons. The summed E-state index contributed by atoms with van der Waals surface area (Å²) in [6.07, 6.45) is 6.37. The summed E-state index contributed by atoms with van der Waals surface area (Å²) >= 11 is 0. The van der Waals surface area contributed by atoms with Gasteiger partial charge < -0.3 is 24.4 Å². The maximum atomic E-state index is 12.5. The second-order valence-corrected chi connectivity index (χ2v) is 6.19. The predicted octanol–water partition coefficient (Wildman–Crippen LogP) is 2.87. The molecule has 0 unspecified atom stereocenters. The largest absolute Gasteiger partial charge is 0.493 e. The van der Waals surface area contributed by atoms with Crippen molar-refractivity contribution in [1.29, 1.82) is 0 Å². The number of aromatic nitrogens is 2. The van der Waals surface area contributed by atoms with Gasteiger partial charge in [0.05, 0.1) is 26.9 Å². The van der Waals surface area contributed by atoms with Gasteiger partial charge in [-0.1, -0.05) is 0 Å². The van der Waals surface area contributed by atoms with Gasteiger partial charge in [0.25, 0.3) is 5.91 Å². The smallest absolute Gasteiger partial charge is 0.256 e. The Morgan fingerprint density at radius 2 is 1.56 bits per heavy atom. The van der Waals surface area contributed by atoms with E-state index in [4.69, 9.17) is 14.2 Å². The highest BCUT2D eigenvalue weighted by atomic mass is 16.5. The van der Waals surface area contributed by atoms with Crippen LogP contribution in [0, 0.1) is 0 Å². The van der Waals surface area contributed by atoms with E-state index < -0.39 is 0 Å². The van der Waals surface area contributed by atoms with Gasteiger partial charge in [0.1, 0.15) is 0 Å². The van der Waals surface area contributed by atoms with Crippen molar-refractivity contribution in [3.63, 3.8) is 0 Å². The monoisotopic (exact) mass is 372 g/mol. The number of likely N-dealkylation sites (tertiary alicyclic amines) is 1. The molecule has 1 amide bonds. The van der Waals surface area contributed by atoms with E-state index in [0.29, 0.717) is 34.4 Å². The topological polar surface area (TPSA) is 85.8 Å². The first-order valence-electron chi connectivity index (χ1n) is 8.84. The maximum absolute atomic E-state index is 12.5. The summed E-state index contributed by atoms with van der Waals surface area (Å²) in [6, 6.07) is 3.52. The first-order chi connectivity index (χ1) is 13.2. The third-order valence-corrected chi connectivity index (χ3v) is 4.46. The number of carbonyl (C=O) groups excluding carboxylic acids is 1. The minimum absolute atomic E-state index is 0.0194. The number of carbonyl (C=O) groups is 1. The van der Waals surface area contributed by atoms with Crippen molar-refractivity contribution in [2.24, 2.45) is 0 Å². The third-order valence-electron chi connectivity index (χ3n) is 4.46. The number of piperidine rings is 1. The van der Waals surface area contributed by atoms with Gasteiger partial charge in [-0.25, -0.2) is 9.97 Å². The molecule has 1 saturated heterocycles. The predicted molar refractivity (Wildman–Crippen MR) is 101 cm³/mol. The highest BCUT2D eigenvalue weighted by Gasteiger charge is 2.19. The first kappa shape index (κ1) is 18.8. The van der Waals surface area contributed by atoms with Crippen LogP contribution in [0.4, 0.5) is 11.6 Å². The number of nitrogens with zero attached hydrogens (tertiary/aromatic N) is 3. The molecule has 8 nitrogen and oxygen atoms in total. The van der Waals surface area contributed by atoms with E-state index in [2.05, 4.69) is 15.3 Å². The van der Waals surface area contributed by atoms with Crippen molar-refractivity contribution in [2.75, 3.05) is 39.7 Å². The van der Waals surface area contributed by atoms with Crippen molar-refractivity contribution < 1.29 is 19.0 Å². The lowest BCUT2D eigenvalue weighted by atomic mass is 10.1. The average molecular weight is 372 g/mol. The van der Waals surface area contributed by atoms with Gasteiger partial charge in [-0.2, -0.15) is 0 Å². The van der Waals surface area contributed by atoms with Crippen LogP contribution < -0.4 is 19.5 Å². The Hall–Kier alpha value is -3.03. The van der Waals surface area contributed by atoms with E-state index in [9.17, 15) is 4.79 Å². The summed E-state index contributed by atoms with van der Waals surface area (Å²) in [6.45, 7) is 1.59. The molecule has 2 aromatic rings. The highest BCUT2D eigenvalue weighted by molar-refractivity contribution is 5.93. The summed E-state index contributed by atoms with van der Waals surface area (Å²) in [7, 11) is 4.66. The molecule has 0 atom stereocenters. The fraction of sp³-hybridized carbons (Fsp3) is 0.421. The molecular weight excluding hydrogens is 348 g/mol. The molecule has 2 heterocycles. The van der Waals surface area contributed by atoms with E-state index in [1.165, 1.54) is 6.42 Å². The summed E-state index contributed by atoms with van der Waals surface area (Å²) in [5.74, 6) is 1.91. The number of ether oxygens (including phenoxy) is 3. The van der Waals surface area contributed by atoms with Gasteiger partial charge in [0.2, 0.25) is 11.7 Å². The number of rotatable bonds is 6. The molecule has 1 aliphatic rings. The Labute approximate surface area is 158 Å². The molecule has 0 spiro atoms. The van der Waals surface area contributed by atoms with Gasteiger partial charge in [0, 0.05) is 43.3 Å². The van der Waals surface area contributed by atoms with E-state index >= 15 is 0 Å². The fourth-order valence-corrected chi connectivity index (χ4v) is 3.06. The van der Waals surface area contributed by atoms with Gasteiger partial charge in [0.15, 0.2) is 11.5 Å².